The first-order valence-corrected chi connectivity index (χ1v) is 7.35. The number of aromatic amines is 1. The van der Waals surface area contributed by atoms with Crippen LogP contribution in [0.5, 0.6) is 0 Å². The molecule has 124 valence electrons. The topological polar surface area (TPSA) is 138 Å². The van der Waals surface area contributed by atoms with E-state index in [-0.39, 0.29) is 29.8 Å². The number of imidazole rings is 1. The molecule has 0 spiro atoms. The fourth-order valence-corrected chi connectivity index (χ4v) is 3.65. The van der Waals surface area contributed by atoms with Gasteiger partial charge in [0.05, 0.1) is 19.0 Å². The van der Waals surface area contributed by atoms with E-state index in [1.165, 1.54) is 6.33 Å². The van der Waals surface area contributed by atoms with Crippen molar-refractivity contribution in [3.63, 3.8) is 0 Å². The molecule has 3 unspecified atom stereocenters. The molecule has 10 nitrogen and oxygen atoms in total. The highest BCUT2D eigenvalue weighted by atomic mass is 32.1. The largest absolute Gasteiger partial charge is 0.393 e. The van der Waals surface area contributed by atoms with E-state index in [0.717, 1.165) is 0 Å². The van der Waals surface area contributed by atoms with E-state index in [2.05, 4.69) is 27.9 Å². The van der Waals surface area contributed by atoms with E-state index in [9.17, 15) is 9.90 Å². The zero-order valence-electron chi connectivity index (χ0n) is 12.0. The van der Waals surface area contributed by atoms with Crippen molar-refractivity contribution in [2.24, 2.45) is 0 Å². The molecule has 0 aliphatic carbocycles. The number of fused-ring (bicyclic) bond motifs is 3. The summed E-state index contributed by atoms with van der Waals surface area (Å²) in [5.74, 6) is -0.0273. The Morgan fingerprint density at radius 1 is 1.65 bits per heavy atom. The van der Waals surface area contributed by atoms with Crippen LogP contribution in [0.2, 0.25) is 0 Å². The lowest BCUT2D eigenvalue weighted by Crippen LogP contribution is -2.49. The Balaban J connectivity index is 1.83. The maximum absolute atomic E-state index is 11.9. The van der Waals surface area contributed by atoms with Gasteiger partial charge in [0.1, 0.15) is 17.8 Å². The maximum Gasteiger partial charge on any atom is 0.280 e. The molecule has 2 aromatic rings. The quantitative estimate of drug-likeness (QED) is 0.411. The number of aromatic nitrogens is 4. The molecule has 4 rings (SSSR count). The number of rotatable bonds is 3. The Morgan fingerprint density at radius 2 is 2.43 bits per heavy atom. The first-order valence-electron chi connectivity index (χ1n) is 6.98. The van der Waals surface area contributed by atoms with E-state index in [4.69, 9.17) is 19.4 Å². The lowest BCUT2D eigenvalue weighted by molar-refractivity contribution is -0.216. The fraction of sp³-hybridized carbons (Fsp3) is 0.583. The van der Waals surface area contributed by atoms with Gasteiger partial charge in [0.15, 0.2) is 17.4 Å². The van der Waals surface area contributed by atoms with Gasteiger partial charge >= 0.3 is 0 Å². The van der Waals surface area contributed by atoms with Crippen molar-refractivity contribution in [2.75, 3.05) is 12.3 Å². The molecule has 2 saturated heterocycles. The molecule has 2 aliphatic rings. The van der Waals surface area contributed by atoms with Crippen LogP contribution in [-0.4, -0.2) is 55.1 Å². The number of thiol groups is 1. The van der Waals surface area contributed by atoms with E-state index in [0.29, 0.717) is 0 Å². The molecule has 2 aliphatic heterocycles. The Hall–Kier alpha value is -1.66. The van der Waals surface area contributed by atoms with E-state index >= 15 is 0 Å². The smallest absolute Gasteiger partial charge is 0.280 e. The molecule has 0 amide bonds. The van der Waals surface area contributed by atoms with Gasteiger partial charge in [-0.3, -0.25) is 14.3 Å². The summed E-state index contributed by atoms with van der Waals surface area (Å²) in [5, 5.41) is 9.80. The van der Waals surface area contributed by atoms with Crippen molar-refractivity contribution in [2.45, 2.75) is 37.1 Å². The highest BCUT2D eigenvalue weighted by Gasteiger charge is 2.66. The third-order valence-corrected chi connectivity index (χ3v) is 4.76. The molecule has 2 aromatic heterocycles. The van der Waals surface area contributed by atoms with Gasteiger partial charge in [-0.2, -0.15) is 4.98 Å². The fourth-order valence-electron chi connectivity index (χ4n) is 3.35. The number of aliphatic hydroxyl groups is 1. The molecule has 4 heterocycles. The predicted molar refractivity (Wildman–Crippen MR) is 80.7 cm³/mol. The molecule has 11 heteroatoms. The van der Waals surface area contributed by atoms with Gasteiger partial charge in [0.25, 0.3) is 5.56 Å². The van der Waals surface area contributed by atoms with E-state index < -0.39 is 29.6 Å². The summed E-state index contributed by atoms with van der Waals surface area (Å²) in [6, 6.07) is 0. The minimum absolute atomic E-state index is 0.0273. The third-order valence-electron chi connectivity index (χ3n) is 4.54. The summed E-state index contributed by atoms with van der Waals surface area (Å²) in [6.07, 6.45) is -0.731. The van der Waals surface area contributed by atoms with Crippen molar-refractivity contribution in [3.05, 3.63) is 16.7 Å². The van der Waals surface area contributed by atoms with Crippen LogP contribution in [0, 0.1) is 0 Å². The number of nitrogen functional groups attached to an aromatic ring is 1. The van der Waals surface area contributed by atoms with Gasteiger partial charge in [0.2, 0.25) is 5.95 Å². The van der Waals surface area contributed by atoms with Gasteiger partial charge in [-0.05, 0) is 19.8 Å². The zero-order chi connectivity index (χ0) is 16.4. The number of H-pyrrole nitrogens is 1. The first kappa shape index (κ1) is 14.9. The molecular formula is C12H15N5O5S. The SMILES string of the molecule is CC1OC2C(OS)[C@@]1(CO)O[C@H]2n1cnc2c(=O)[nH]c(N)nc21. The van der Waals surface area contributed by atoms with Crippen LogP contribution >= 0.6 is 12.9 Å². The number of nitrogens with one attached hydrogen (secondary N) is 1. The van der Waals surface area contributed by atoms with Crippen molar-refractivity contribution in [1.82, 2.24) is 19.5 Å². The molecule has 23 heavy (non-hydrogen) atoms. The van der Waals surface area contributed by atoms with Gasteiger partial charge < -0.3 is 24.5 Å². The number of hydrogen-bond donors (Lipinski definition) is 4. The highest BCUT2D eigenvalue weighted by molar-refractivity contribution is 7.75. The summed E-state index contributed by atoms with van der Waals surface area (Å²) in [6.45, 7) is 1.49. The summed E-state index contributed by atoms with van der Waals surface area (Å²) in [4.78, 5) is 22.4. The third kappa shape index (κ3) is 1.82. The van der Waals surface area contributed by atoms with Crippen molar-refractivity contribution in [3.8, 4) is 0 Å². The average molecular weight is 341 g/mol. The summed E-state index contributed by atoms with van der Waals surface area (Å²) >= 11 is 3.88. The molecule has 5 atom stereocenters. The Bertz CT molecular complexity index is 824. The minimum Gasteiger partial charge on any atom is -0.393 e. The average Bonchev–Trinajstić information content (AvgIpc) is 3.14. The summed E-state index contributed by atoms with van der Waals surface area (Å²) in [5.41, 5.74) is 4.52. The number of hydrogen-bond acceptors (Lipinski definition) is 9. The molecule has 2 bridgehead atoms. The van der Waals surface area contributed by atoms with Crippen LogP contribution in [0.3, 0.4) is 0 Å². The van der Waals surface area contributed by atoms with Crippen LogP contribution in [0.15, 0.2) is 11.1 Å². The maximum atomic E-state index is 11.9. The second-order valence-electron chi connectivity index (χ2n) is 5.67. The van der Waals surface area contributed by atoms with Crippen molar-refractivity contribution >= 4 is 30.0 Å². The summed E-state index contributed by atoms with van der Waals surface area (Å²) < 4.78 is 18.6. The monoisotopic (exact) mass is 341 g/mol. The van der Waals surface area contributed by atoms with Gasteiger partial charge in [-0.1, -0.05) is 0 Å². The molecule has 4 N–H and O–H groups in total. The van der Waals surface area contributed by atoms with E-state index in [1.807, 2.05) is 0 Å². The Morgan fingerprint density at radius 3 is 3.09 bits per heavy atom. The molecule has 0 aromatic carbocycles. The number of nitrogens with zero attached hydrogens (tertiary/aromatic N) is 3. The lowest BCUT2D eigenvalue weighted by Gasteiger charge is -2.34. The highest BCUT2D eigenvalue weighted by Crippen LogP contribution is 2.50. The normalized spacial score (nSPS) is 36.1. The van der Waals surface area contributed by atoms with Gasteiger partial charge in [-0.15, -0.1) is 0 Å². The number of aliphatic hydroxyl groups excluding tert-OH is 1. The van der Waals surface area contributed by atoms with Crippen molar-refractivity contribution in [1.29, 1.82) is 0 Å². The van der Waals surface area contributed by atoms with Crippen molar-refractivity contribution < 1.29 is 18.8 Å². The number of anilines is 1. The van der Waals surface area contributed by atoms with Crippen LogP contribution in [0.4, 0.5) is 5.95 Å². The van der Waals surface area contributed by atoms with Gasteiger partial charge in [-0.25, -0.2) is 4.98 Å². The molecule has 0 radical (unpaired) electrons. The molecule has 0 saturated carbocycles. The second-order valence-corrected chi connectivity index (χ2v) is 5.88. The van der Waals surface area contributed by atoms with Crippen LogP contribution in [-0.2, 0) is 13.7 Å². The summed E-state index contributed by atoms with van der Waals surface area (Å²) in [7, 11) is 0. The van der Waals surface area contributed by atoms with E-state index in [1.54, 1.807) is 11.5 Å². The standard InChI is InChI=1S/C12H15N5O5S/c1-4-12(2-18)7(22-23)6(20-4)10(21-12)17-3-14-5-8(17)15-11(13)16-9(5)19/h3-4,6-7,10,18,23H,2H2,1H3,(H3,13,15,16,19)/t4?,6?,7?,10-,12+/m1/s1. The lowest BCUT2D eigenvalue weighted by atomic mass is 9.94. The number of ether oxygens (including phenoxy) is 2. The molecular weight excluding hydrogens is 326 g/mol. The first-order chi connectivity index (χ1) is 11.0. The second kappa shape index (κ2) is 4.92. The van der Waals surface area contributed by atoms with Gasteiger partial charge in [0, 0.05) is 0 Å². The number of nitrogens with two attached hydrogens (primary N) is 1. The molecule has 2 fully saturated rings. The van der Waals surface area contributed by atoms with Crippen LogP contribution in [0.25, 0.3) is 11.2 Å². The van der Waals surface area contributed by atoms with Crippen LogP contribution in [0.1, 0.15) is 13.2 Å². The Labute approximate surface area is 135 Å². The predicted octanol–water partition coefficient (Wildman–Crippen LogP) is -1.02. The zero-order valence-corrected chi connectivity index (χ0v) is 12.9. The Kier molecular flexibility index (Phi) is 3.19. The van der Waals surface area contributed by atoms with Crippen LogP contribution < -0.4 is 11.3 Å². The minimum atomic E-state index is -1.04.